The van der Waals surface area contributed by atoms with Crippen LogP contribution in [0.5, 0.6) is 0 Å². The number of benzene rings is 2. The highest BCUT2D eigenvalue weighted by Gasteiger charge is 2.09. The summed E-state index contributed by atoms with van der Waals surface area (Å²) in [4.78, 5) is 12.4. The van der Waals surface area contributed by atoms with Gasteiger partial charge in [-0.05, 0) is 36.4 Å². The van der Waals surface area contributed by atoms with Gasteiger partial charge in [0.25, 0.3) is 0 Å². The fraction of sp³-hybridized carbons (Fsp3) is 0.174. The molecule has 204 valence electrons. The van der Waals surface area contributed by atoms with Crippen LogP contribution in [0.2, 0.25) is 0 Å². The molecule has 0 spiro atoms. The first kappa shape index (κ1) is 30.5. The van der Waals surface area contributed by atoms with Gasteiger partial charge in [-0.3, -0.25) is 8.37 Å². The van der Waals surface area contributed by atoms with E-state index < -0.39 is 20.8 Å². The number of fused-ring (bicyclic) bond motifs is 2. The fourth-order valence-corrected chi connectivity index (χ4v) is 3.18. The lowest BCUT2D eigenvalue weighted by atomic mass is 10.2. The number of amides is 2. The summed E-state index contributed by atoms with van der Waals surface area (Å²) in [6.45, 7) is 0. The minimum absolute atomic E-state index is 0.260. The second-order valence-electron chi connectivity index (χ2n) is 7.51. The first-order valence-electron chi connectivity index (χ1n) is 10.6. The van der Waals surface area contributed by atoms with Crippen molar-refractivity contribution >= 4 is 60.0 Å². The van der Waals surface area contributed by atoms with Gasteiger partial charge in [-0.1, -0.05) is 0 Å². The van der Waals surface area contributed by atoms with Crippen molar-refractivity contribution in [2.24, 2.45) is 14.1 Å². The summed E-state index contributed by atoms with van der Waals surface area (Å²) in [6, 6.07) is 19.5. The highest BCUT2D eigenvalue weighted by atomic mass is 32.3. The molecule has 0 aliphatic carbocycles. The van der Waals surface area contributed by atoms with Crippen LogP contribution in [0.3, 0.4) is 0 Å². The molecule has 0 saturated heterocycles. The number of nitrogens with zero attached hydrogens (tertiary/aromatic N) is 2. The van der Waals surface area contributed by atoms with Crippen molar-refractivity contribution < 1.29 is 48.2 Å². The van der Waals surface area contributed by atoms with Crippen LogP contribution in [0.4, 0.5) is 16.2 Å². The number of hydrogen-bond donors (Lipinski definition) is 2. The average Bonchev–Trinajstić information content (AvgIpc) is 2.84. The molecule has 2 aromatic carbocycles. The Balaban J connectivity index is 0.000000355. The quantitative estimate of drug-likeness (QED) is 0.210. The van der Waals surface area contributed by atoms with E-state index in [0.717, 1.165) is 47.4 Å². The van der Waals surface area contributed by atoms with E-state index in [4.69, 9.17) is 0 Å². The summed E-state index contributed by atoms with van der Waals surface area (Å²) in [6.07, 6.45) is 4.00. The number of pyridine rings is 2. The van der Waals surface area contributed by atoms with Crippen LogP contribution in [0.25, 0.3) is 21.8 Å². The van der Waals surface area contributed by atoms with E-state index in [2.05, 4.69) is 19.0 Å². The predicted octanol–water partition coefficient (Wildman–Crippen LogP) is 1.47. The molecule has 2 N–H and O–H groups in total. The van der Waals surface area contributed by atoms with Gasteiger partial charge in [-0.2, -0.15) is 0 Å². The number of carbonyl (C=O) groups excluding carboxylic acids is 1. The van der Waals surface area contributed by atoms with E-state index in [-0.39, 0.29) is 6.03 Å². The third kappa shape index (κ3) is 9.97. The second kappa shape index (κ2) is 13.2. The van der Waals surface area contributed by atoms with E-state index in [1.165, 1.54) is 0 Å². The zero-order valence-electron chi connectivity index (χ0n) is 20.8. The van der Waals surface area contributed by atoms with E-state index in [9.17, 15) is 30.7 Å². The Kier molecular flexibility index (Phi) is 10.6. The van der Waals surface area contributed by atoms with Crippen molar-refractivity contribution in [1.29, 1.82) is 0 Å². The Hall–Kier alpha value is -3.73. The molecule has 2 aromatic heterocycles. The Labute approximate surface area is 220 Å². The van der Waals surface area contributed by atoms with Crippen molar-refractivity contribution in [3.05, 3.63) is 73.1 Å². The normalized spacial score (nSPS) is 11.1. The van der Waals surface area contributed by atoms with Crippen LogP contribution in [0.15, 0.2) is 73.1 Å². The third-order valence-electron chi connectivity index (χ3n) is 4.91. The summed E-state index contributed by atoms with van der Waals surface area (Å²) in [5.41, 5.74) is 3.74. The second-order valence-corrected chi connectivity index (χ2v) is 9.81. The molecule has 2 amide bonds. The summed E-state index contributed by atoms with van der Waals surface area (Å²) in [5, 5.41) is 7.94. The molecule has 0 atom stereocenters. The molecular formula is C23H26N4O9S2. The number of urea groups is 1. The molecule has 0 aliphatic rings. The third-order valence-corrected chi connectivity index (χ3v) is 5.73. The van der Waals surface area contributed by atoms with E-state index >= 15 is 0 Å². The molecule has 13 nitrogen and oxygen atoms in total. The lowest BCUT2D eigenvalue weighted by molar-refractivity contribution is -0.645. The Morgan fingerprint density at radius 2 is 1.05 bits per heavy atom. The smallest absolute Gasteiger partial charge is 0.323 e. The number of carbonyl (C=O) groups is 1. The van der Waals surface area contributed by atoms with Crippen LogP contribution in [-0.4, -0.2) is 46.2 Å². The standard InChI is InChI=1S/C21H19N4O.2CH4O4S/c1-24-11-3-5-15-13-17(7-9-19(15)24)22-21(26)23-18-8-10-20-16(14-18)6-4-12-25(20)2;2*1-5-6(2,3)4/h3-14H,1-2H3,(H-,22,23,26);2*1H3,(H,2,3,4)/q+1;;/p-1. The minimum Gasteiger partial charge on any atom is -0.726 e. The van der Waals surface area contributed by atoms with Gasteiger partial charge in [-0.25, -0.2) is 30.8 Å². The molecule has 4 aromatic rings. The zero-order valence-corrected chi connectivity index (χ0v) is 22.4. The molecule has 0 bridgehead atoms. The maximum atomic E-state index is 12.4. The number of aryl methyl sites for hydroxylation is 2. The number of nitrogens with one attached hydrogen (secondary N) is 2. The van der Waals surface area contributed by atoms with Gasteiger partial charge in [0.15, 0.2) is 12.4 Å². The van der Waals surface area contributed by atoms with Crippen LogP contribution in [-0.2, 0) is 43.3 Å². The first-order valence-corrected chi connectivity index (χ1v) is 13.3. The Bertz CT molecular complexity index is 1520. The van der Waals surface area contributed by atoms with Gasteiger partial charge >= 0.3 is 6.03 Å². The summed E-state index contributed by atoms with van der Waals surface area (Å²) < 4.78 is 66.1. The van der Waals surface area contributed by atoms with E-state index in [1.807, 2.05) is 96.3 Å². The van der Waals surface area contributed by atoms with Crippen molar-refractivity contribution in [3.8, 4) is 0 Å². The van der Waals surface area contributed by atoms with Crippen molar-refractivity contribution in [2.75, 3.05) is 24.9 Å². The molecule has 0 aliphatic heterocycles. The lowest BCUT2D eigenvalue weighted by Crippen LogP contribution is -2.28. The van der Waals surface area contributed by atoms with Gasteiger partial charge in [0.2, 0.25) is 31.8 Å². The van der Waals surface area contributed by atoms with E-state index in [1.54, 1.807) is 0 Å². The number of aromatic nitrogens is 2. The summed E-state index contributed by atoms with van der Waals surface area (Å²) in [5.74, 6) is 0. The van der Waals surface area contributed by atoms with Crippen LogP contribution < -0.4 is 19.8 Å². The maximum absolute atomic E-state index is 12.4. The van der Waals surface area contributed by atoms with Gasteiger partial charge < -0.3 is 19.7 Å². The molecule has 0 unspecified atom stereocenters. The molecule has 0 saturated carbocycles. The number of hydrogen-bond acceptors (Lipinski definition) is 9. The zero-order chi connectivity index (χ0) is 28.5. The lowest BCUT2D eigenvalue weighted by Gasteiger charge is -2.08. The van der Waals surface area contributed by atoms with Crippen molar-refractivity contribution in [2.45, 2.75) is 0 Å². The molecule has 4 rings (SSSR count). The molecule has 0 radical (unpaired) electrons. The topological polar surface area (TPSA) is 182 Å². The number of rotatable bonds is 4. The monoisotopic (exact) mass is 566 g/mol. The van der Waals surface area contributed by atoms with Gasteiger partial charge in [-0.15, -0.1) is 0 Å². The highest BCUT2D eigenvalue weighted by Crippen LogP contribution is 2.18. The van der Waals surface area contributed by atoms with Gasteiger partial charge in [0.05, 0.1) is 14.2 Å². The summed E-state index contributed by atoms with van der Waals surface area (Å²) in [7, 11) is -3.20. The SMILES string of the molecule is COS(=O)(=O)[O-].COS(=O)(=O)[O-].C[n+]1cccc2cc(NC(=O)Nc3ccc4c(ccc[n+]4C)c3)ccc21. The minimum atomic E-state index is -4.41. The van der Waals surface area contributed by atoms with E-state index in [0.29, 0.717) is 0 Å². The first-order chi connectivity index (χ1) is 17.7. The highest BCUT2D eigenvalue weighted by molar-refractivity contribution is 7.81. The Morgan fingerprint density at radius 1 is 0.711 bits per heavy atom. The molecule has 0 fully saturated rings. The Morgan fingerprint density at radius 3 is 1.37 bits per heavy atom. The maximum Gasteiger partial charge on any atom is 0.323 e. The molecule has 15 heteroatoms. The van der Waals surface area contributed by atoms with Crippen molar-refractivity contribution in [1.82, 2.24) is 0 Å². The average molecular weight is 567 g/mol. The van der Waals surface area contributed by atoms with Crippen LogP contribution >= 0.6 is 0 Å². The van der Waals surface area contributed by atoms with Gasteiger partial charge in [0.1, 0.15) is 14.1 Å². The summed E-state index contributed by atoms with van der Waals surface area (Å²) >= 11 is 0. The fourth-order valence-electron chi connectivity index (χ4n) is 3.18. The van der Waals surface area contributed by atoms with Crippen molar-refractivity contribution in [3.63, 3.8) is 0 Å². The van der Waals surface area contributed by atoms with Gasteiger partial charge in [0, 0.05) is 46.4 Å². The number of anilines is 2. The largest absolute Gasteiger partial charge is 0.726 e. The molecular weight excluding hydrogens is 540 g/mol. The molecule has 38 heavy (non-hydrogen) atoms. The van der Waals surface area contributed by atoms with Crippen LogP contribution in [0, 0.1) is 0 Å². The van der Waals surface area contributed by atoms with Crippen LogP contribution in [0.1, 0.15) is 0 Å². The molecule has 2 heterocycles. The predicted molar refractivity (Wildman–Crippen MR) is 136 cm³/mol.